The molecular formula is C19H17N3O3S3. The van der Waals surface area contributed by atoms with Crippen molar-refractivity contribution in [2.75, 3.05) is 11.4 Å². The molecule has 1 aliphatic rings. The lowest BCUT2D eigenvalue weighted by Gasteiger charge is -2.19. The number of hydrogen-bond donors (Lipinski definition) is 2. The normalized spacial score (nSPS) is 12.4. The number of thiazole rings is 1. The molecule has 2 N–H and O–H groups in total. The van der Waals surface area contributed by atoms with Crippen LogP contribution in [0.25, 0.3) is 10.9 Å². The van der Waals surface area contributed by atoms with E-state index in [1.807, 2.05) is 12.1 Å². The molecule has 3 rings (SSSR count). The van der Waals surface area contributed by atoms with E-state index in [-0.39, 0.29) is 12.4 Å². The molecule has 9 heteroatoms. The van der Waals surface area contributed by atoms with Gasteiger partial charge in [0.05, 0.1) is 11.4 Å². The number of nitrogens with zero attached hydrogens (tertiary/aromatic N) is 3. The summed E-state index contributed by atoms with van der Waals surface area (Å²) in [7, 11) is 0. The summed E-state index contributed by atoms with van der Waals surface area (Å²) in [5.41, 5.74) is 4.80. The zero-order chi connectivity index (χ0) is 20.3. The highest BCUT2D eigenvalue weighted by molar-refractivity contribution is 8.03. The predicted molar refractivity (Wildman–Crippen MR) is 115 cm³/mol. The number of thioether (sulfide) groups is 1. The van der Waals surface area contributed by atoms with Crippen LogP contribution in [0.4, 0.5) is 11.4 Å². The van der Waals surface area contributed by atoms with E-state index in [4.69, 9.17) is 23.9 Å². The van der Waals surface area contributed by atoms with Crippen molar-refractivity contribution in [2.45, 2.75) is 31.2 Å². The molecule has 2 aromatic rings. The third-order valence-corrected chi connectivity index (χ3v) is 6.55. The summed E-state index contributed by atoms with van der Waals surface area (Å²) < 4.78 is 1.48. The summed E-state index contributed by atoms with van der Waals surface area (Å²) in [6.07, 6.45) is 3.67. The molecule has 6 nitrogen and oxygen atoms in total. The van der Waals surface area contributed by atoms with Gasteiger partial charge in [0.2, 0.25) is 5.88 Å². The maximum atomic E-state index is 10.9. The Kier molecular flexibility index (Phi) is 6.27. The maximum Gasteiger partial charge on any atom is 0.323 e. The molecule has 144 valence electrons. The standard InChI is InChI=1S/C19H17N3O3S3/c1-3-4-9-21-13-10-12(20-2)5-6-14(13)27-16(21)8-7-15-18(25)22(11-17(23)24)19(26)28-15/h5-7,10,25H,3-4,9,11H2,1H3,(H,23,24). The second-order valence-corrected chi connectivity index (χ2v) is 8.71. The maximum absolute atomic E-state index is 10.9. The van der Waals surface area contributed by atoms with Gasteiger partial charge < -0.3 is 15.1 Å². The minimum atomic E-state index is -1.07. The molecule has 1 aromatic carbocycles. The fraction of sp³-hybridized carbons (Fsp3) is 0.263. The van der Waals surface area contributed by atoms with Gasteiger partial charge in [0, 0.05) is 23.2 Å². The molecular weight excluding hydrogens is 414 g/mol. The number of aliphatic carboxylic acids is 1. The first-order valence-corrected chi connectivity index (χ1v) is 10.6. The average molecular weight is 432 g/mol. The molecule has 1 aliphatic heterocycles. The first kappa shape index (κ1) is 20.2. The number of fused-ring (bicyclic) bond motifs is 1. The van der Waals surface area contributed by atoms with Crippen LogP contribution in [0.5, 0.6) is 5.88 Å². The van der Waals surface area contributed by atoms with Crippen molar-refractivity contribution in [3.05, 3.63) is 49.2 Å². The first-order chi connectivity index (χ1) is 13.4. The van der Waals surface area contributed by atoms with Crippen LogP contribution in [-0.2, 0) is 11.3 Å². The van der Waals surface area contributed by atoms with Crippen LogP contribution < -0.4 is 4.90 Å². The summed E-state index contributed by atoms with van der Waals surface area (Å²) in [5, 5.41) is 20.1. The largest absolute Gasteiger partial charge is 0.493 e. The van der Waals surface area contributed by atoms with Crippen LogP contribution in [0, 0.1) is 10.5 Å². The van der Waals surface area contributed by atoms with Crippen molar-refractivity contribution >= 4 is 58.7 Å². The fourth-order valence-corrected chi connectivity index (χ4v) is 4.92. The summed E-state index contributed by atoms with van der Waals surface area (Å²) >= 11 is 7.85. The Hall–Kier alpha value is -2.50. The number of rotatable bonds is 6. The molecule has 0 spiro atoms. The van der Waals surface area contributed by atoms with Gasteiger partial charge in [-0.3, -0.25) is 9.36 Å². The lowest BCUT2D eigenvalue weighted by molar-refractivity contribution is -0.137. The molecule has 0 bridgehead atoms. The Bertz CT molecular complexity index is 1090. The van der Waals surface area contributed by atoms with Crippen LogP contribution in [-0.4, -0.2) is 27.3 Å². The Morgan fingerprint density at radius 2 is 2.25 bits per heavy atom. The number of anilines is 1. The monoisotopic (exact) mass is 431 g/mol. The Morgan fingerprint density at radius 3 is 2.93 bits per heavy atom. The number of aromatic nitrogens is 1. The summed E-state index contributed by atoms with van der Waals surface area (Å²) in [4.78, 5) is 18.1. The molecule has 0 atom stereocenters. The zero-order valence-corrected chi connectivity index (χ0v) is 17.5. The lowest BCUT2D eigenvalue weighted by Crippen LogP contribution is -2.18. The fourth-order valence-electron chi connectivity index (χ4n) is 2.70. The van der Waals surface area contributed by atoms with E-state index in [1.165, 1.54) is 4.57 Å². The van der Waals surface area contributed by atoms with Crippen LogP contribution in [0.15, 0.2) is 33.9 Å². The van der Waals surface area contributed by atoms with Gasteiger partial charge in [-0.1, -0.05) is 43.0 Å². The Labute approximate surface area is 175 Å². The smallest absolute Gasteiger partial charge is 0.323 e. The van der Waals surface area contributed by atoms with Crippen molar-refractivity contribution < 1.29 is 15.0 Å². The number of carboxylic acid groups (broad SMARTS) is 1. The number of hydrogen-bond acceptors (Lipinski definition) is 6. The van der Waals surface area contributed by atoms with Crippen molar-refractivity contribution in [1.82, 2.24) is 4.57 Å². The Morgan fingerprint density at radius 1 is 1.46 bits per heavy atom. The van der Waals surface area contributed by atoms with E-state index in [0.29, 0.717) is 14.5 Å². The van der Waals surface area contributed by atoms with Crippen LogP contribution in [0.1, 0.15) is 24.6 Å². The van der Waals surface area contributed by atoms with Gasteiger partial charge in [-0.05, 0) is 24.7 Å². The molecule has 0 fully saturated rings. The second-order valence-electron chi connectivity index (χ2n) is 6.00. The molecule has 0 radical (unpaired) electrons. The summed E-state index contributed by atoms with van der Waals surface area (Å²) in [6.45, 7) is 9.78. The number of carboxylic acids is 1. The van der Waals surface area contributed by atoms with Gasteiger partial charge in [-0.25, -0.2) is 4.85 Å². The van der Waals surface area contributed by atoms with E-state index in [1.54, 1.807) is 23.9 Å². The van der Waals surface area contributed by atoms with Gasteiger partial charge >= 0.3 is 5.97 Å². The number of aromatic hydroxyl groups is 1. The van der Waals surface area contributed by atoms with Gasteiger partial charge in [0.1, 0.15) is 11.6 Å². The number of carbonyl (C=O) groups is 1. The molecule has 2 heterocycles. The molecule has 0 amide bonds. The molecule has 0 saturated carbocycles. The van der Waals surface area contributed by atoms with Crippen molar-refractivity contribution in [3.63, 3.8) is 0 Å². The molecule has 1 aromatic heterocycles. The SMILES string of the molecule is [C-]#[N+]c1ccc2c(c1)N(CCCC)C(=C=Cc1sc(=S)n(CC(=O)O)c1O)S2. The van der Waals surface area contributed by atoms with E-state index in [9.17, 15) is 9.90 Å². The number of unbranched alkanes of at least 4 members (excludes halogenated alkanes) is 1. The van der Waals surface area contributed by atoms with Gasteiger partial charge in [-0.15, -0.1) is 11.3 Å². The van der Waals surface area contributed by atoms with Gasteiger partial charge in [0.15, 0.2) is 9.64 Å². The van der Waals surface area contributed by atoms with E-state index in [2.05, 4.69) is 22.4 Å². The minimum Gasteiger partial charge on any atom is -0.493 e. The third kappa shape index (κ3) is 4.16. The average Bonchev–Trinajstić information content (AvgIpc) is 3.15. The van der Waals surface area contributed by atoms with E-state index < -0.39 is 5.97 Å². The second kappa shape index (κ2) is 8.67. The third-order valence-electron chi connectivity index (χ3n) is 4.06. The lowest BCUT2D eigenvalue weighted by atomic mass is 10.2. The van der Waals surface area contributed by atoms with E-state index in [0.717, 1.165) is 46.3 Å². The Balaban J connectivity index is 2.00. The van der Waals surface area contributed by atoms with Crippen molar-refractivity contribution in [3.8, 4) is 5.88 Å². The number of benzene rings is 1. The first-order valence-electron chi connectivity index (χ1n) is 8.52. The van der Waals surface area contributed by atoms with Crippen molar-refractivity contribution in [2.24, 2.45) is 0 Å². The summed E-state index contributed by atoms with van der Waals surface area (Å²) in [6, 6.07) is 5.61. The van der Waals surface area contributed by atoms with Crippen molar-refractivity contribution in [1.29, 1.82) is 0 Å². The minimum absolute atomic E-state index is 0.165. The van der Waals surface area contributed by atoms with Gasteiger partial charge in [0.25, 0.3) is 0 Å². The molecule has 0 unspecified atom stereocenters. The van der Waals surface area contributed by atoms with E-state index >= 15 is 0 Å². The van der Waals surface area contributed by atoms with Crippen LogP contribution in [0.3, 0.4) is 0 Å². The highest BCUT2D eigenvalue weighted by atomic mass is 32.2. The molecule has 28 heavy (non-hydrogen) atoms. The molecule has 0 saturated heterocycles. The van der Waals surface area contributed by atoms with Gasteiger partial charge in [-0.2, -0.15) is 0 Å². The predicted octanol–water partition coefficient (Wildman–Crippen LogP) is 5.49. The zero-order valence-electron chi connectivity index (χ0n) is 15.0. The topological polar surface area (TPSA) is 70.1 Å². The quantitative estimate of drug-likeness (QED) is 0.358. The highest BCUT2D eigenvalue weighted by Gasteiger charge is 2.25. The van der Waals surface area contributed by atoms with Crippen LogP contribution in [0.2, 0.25) is 0 Å². The summed E-state index contributed by atoms with van der Waals surface area (Å²) in [5.74, 6) is -1.23. The highest BCUT2D eigenvalue weighted by Crippen LogP contribution is 2.47. The van der Waals surface area contributed by atoms with Crippen LogP contribution >= 0.6 is 35.3 Å². The molecule has 0 aliphatic carbocycles.